The molecule has 2 heterocycles. The molecule has 7 heteroatoms. The van der Waals surface area contributed by atoms with Gasteiger partial charge in [0.1, 0.15) is 5.75 Å². The van der Waals surface area contributed by atoms with Crippen molar-refractivity contribution in [3.8, 4) is 11.8 Å². The number of anilines is 2. The molecule has 0 atom stereocenters. The molecule has 0 aliphatic carbocycles. The summed E-state index contributed by atoms with van der Waals surface area (Å²) >= 11 is 0. The number of nitriles is 1. The highest BCUT2D eigenvalue weighted by atomic mass is 16.5. The van der Waals surface area contributed by atoms with Crippen molar-refractivity contribution in [2.45, 2.75) is 0 Å². The Kier molecular flexibility index (Phi) is 2.88. The monoisotopic (exact) mass is 304 g/mol. The summed E-state index contributed by atoms with van der Waals surface area (Å²) in [6.45, 7) is 0. The lowest BCUT2D eigenvalue weighted by molar-refractivity contribution is 0.415. The third-order valence-electron chi connectivity index (χ3n) is 3.53. The third kappa shape index (κ3) is 2.22. The van der Waals surface area contributed by atoms with E-state index in [1.54, 1.807) is 23.8 Å². The van der Waals surface area contributed by atoms with Crippen molar-refractivity contribution in [1.29, 1.82) is 5.26 Å². The van der Waals surface area contributed by atoms with Gasteiger partial charge in [0, 0.05) is 11.8 Å². The molecule has 0 bridgehead atoms. The first-order valence-electron chi connectivity index (χ1n) is 6.96. The van der Waals surface area contributed by atoms with Gasteiger partial charge in [-0.15, -0.1) is 0 Å². The Morgan fingerprint density at radius 3 is 2.96 bits per heavy atom. The van der Waals surface area contributed by atoms with Gasteiger partial charge in [-0.1, -0.05) is 6.07 Å². The van der Waals surface area contributed by atoms with Crippen molar-refractivity contribution in [3.05, 3.63) is 48.0 Å². The fourth-order valence-electron chi connectivity index (χ4n) is 2.45. The predicted molar refractivity (Wildman–Crippen MR) is 85.8 cm³/mol. The van der Waals surface area contributed by atoms with Crippen molar-refractivity contribution < 1.29 is 4.74 Å². The number of ether oxygens (including phenoxy) is 1. The van der Waals surface area contributed by atoms with Gasteiger partial charge in [-0.25, -0.2) is 9.50 Å². The van der Waals surface area contributed by atoms with Gasteiger partial charge in [0.2, 0.25) is 5.95 Å². The first kappa shape index (κ1) is 13.2. The van der Waals surface area contributed by atoms with Crippen LogP contribution in [0.3, 0.4) is 0 Å². The quantitative estimate of drug-likeness (QED) is 0.607. The van der Waals surface area contributed by atoms with Crippen LogP contribution in [0.1, 0.15) is 5.56 Å². The van der Waals surface area contributed by atoms with E-state index >= 15 is 0 Å². The summed E-state index contributed by atoms with van der Waals surface area (Å²) in [6, 6.07) is 15.0. The lowest BCUT2D eigenvalue weighted by Gasteiger charge is -2.02. The zero-order chi connectivity index (χ0) is 15.8. The Bertz CT molecular complexity index is 1060. The van der Waals surface area contributed by atoms with E-state index in [1.165, 1.54) is 0 Å². The van der Waals surface area contributed by atoms with E-state index in [0.29, 0.717) is 17.3 Å². The molecule has 0 spiro atoms. The van der Waals surface area contributed by atoms with Gasteiger partial charge in [-0.2, -0.15) is 10.2 Å². The number of aromatic nitrogens is 4. The zero-order valence-electron chi connectivity index (χ0n) is 12.2. The summed E-state index contributed by atoms with van der Waals surface area (Å²) in [7, 11) is 1.62. The average Bonchev–Trinajstić information content (AvgIpc) is 3.11. The smallest absolute Gasteiger partial charge is 0.253 e. The highest BCUT2D eigenvalue weighted by Crippen LogP contribution is 2.22. The van der Waals surface area contributed by atoms with E-state index in [1.807, 2.05) is 30.3 Å². The Balaban J connectivity index is 1.73. The number of aromatic amines is 1. The number of hydrogen-bond acceptors (Lipinski definition) is 5. The van der Waals surface area contributed by atoms with Crippen LogP contribution < -0.4 is 10.1 Å². The topological polar surface area (TPSA) is 91.0 Å². The molecular weight excluding hydrogens is 292 g/mol. The minimum atomic E-state index is 0.556. The molecule has 4 aromatic rings. The van der Waals surface area contributed by atoms with Crippen LogP contribution in [-0.4, -0.2) is 26.7 Å². The van der Waals surface area contributed by atoms with Gasteiger partial charge in [0.15, 0.2) is 0 Å². The molecule has 0 aliphatic heterocycles. The van der Waals surface area contributed by atoms with Gasteiger partial charge in [0.25, 0.3) is 5.78 Å². The van der Waals surface area contributed by atoms with E-state index in [-0.39, 0.29) is 0 Å². The summed E-state index contributed by atoms with van der Waals surface area (Å²) in [5.41, 5.74) is 3.09. The standard InChI is InChI=1S/C16H12N6O/c1-23-12-5-6-14-13(8-12)19-16-20-15(21-22(14)16)18-11-4-2-3-10(7-11)9-17/h2-8H,1H3,(H2,18,19,20,21). The fourth-order valence-corrected chi connectivity index (χ4v) is 2.45. The van der Waals surface area contributed by atoms with Gasteiger partial charge in [0.05, 0.1) is 29.8 Å². The van der Waals surface area contributed by atoms with E-state index < -0.39 is 0 Å². The fraction of sp³-hybridized carbons (Fsp3) is 0.0625. The molecule has 23 heavy (non-hydrogen) atoms. The van der Waals surface area contributed by atoms with E-state index in [4.69, 9.17) is 10.00 Å². The van der Waals surface area contributed by atoms with Gasteiger partial charge >= 0.3 is 0 Å². The van der Waals surface area contributed by atoms with Crippen LogP contribution in [0.5, 0.6) is 5.75 Å². The van der Waals surface area contributed by atoms with E-state index in [0.717, 1.165) is 22.5 Å². The van der Waals surface area contributed by atoms with Crippen molar-refractivity contribution in [1.82, 2.24) is 19.6 Å². The van der Waals surface area contributed by atoms with Crippen molar-refractivity contribution >= 4 is 28.4 Å². The largest absolute Gasteiger partial charge is 0.497 e. The Morgan fingerprint density at radius 1 is 1.22 bits per heavy atom. The summed E-state index contributed by atoms with van der Waals surface area (Å²) in [5, 5.41) is 15.2. The summed E-state index contributed by atoms with van der Waals surface area (Å²) in [4.78, 5) is 8.89. The highest BCUT2D eigenvalue weighted by molar-refractivity contribution is 5.81. The molecule has 0 amide bonds. The van der Waals surface area contributed by atoms with Gasteiger partial charge in [-0.3, -0.25) is 5.10 Å². The second-order valence-corrected chi connectivity index (χ2v) is 4.99. The maximum absolute atomic E-state index is 8.94. The molecule has 4 rings (SSSR count). The Morgan fingerprint density at radius 2 is 2.13 bits per heavy atom. The summed E-state index contributed by atoms with van der Waals surface area (Å²) < 4.78 is 7.00. The number of nitrogens with zero attached hydrogens (tertiary/aromatic N) is 4. The molecule has 2 aromatic carbocycles. The van der Waals surface area contributed by atoms with Crippen LogP contribution in [0.15, 0.2) is 42.5 Å². The van der Waals surface area contributed by atoms with Gasteiger partial charge in [-0.05, 0) is 30.3 Å². The average molecular weight is 304 g/mol. The maximum atomic E-state index is 8.94. The molecule has 112 valence electrons. The number of benzene rings is 2. The molecule has 0 aliphatic rings. The number of fused-ring (bicyclic) bond motifs is 3. The lowest BCUT2D eigenvalue weighted by Crippen LogP contribution is -1.94. The van der Waals surface area contributed by atoms with Crippen molar-refractivity contribution in [2.24, 2.45) is 0 Å². The van der Waals surface area contributed by atoms with E-state index in [2.05, 4.69) is 26.5 Å². The number of nitrogens with one attached hydrogen (secondary N) is 2. The van der Waals surface area contributed by atoms with Crippen LogP contribution in [-0.2, 0) is 0 Å². The second kappa shape index (κ2) is 5.03. The van der Waals surface area contributed by atoms with Crippen LogP contribution >= 0.6 is 0 Å². The Labute approximate surface area is 131 Å². The number of H-pyrrole nitrogens is 1. The predicted octanol–water partition coefficient (Wildman–Crippen LogP) is 2.83. The molecular formula is C16H12N6O. The number of imidazole rings is 1. The number of methoxy groups -OCH3 is 1. The molecule has 0 saturated carbocycles. The number of hydrogen-bond donors (Lipinski definition) is 2. The molecule has 7 nitrogen and oxygen atoms in total. The minimum Gasteiger partial charge on any atom is -0.497 e. The van der Waals surface area contributed by atoms with Crippen molar-refractivity contribution in [3.63, 3.8) is 0 Å². The summed E-state index contributed by atoms with van der Waals surface area (Å²) in [5.74, 6) is 1.87. The first-order valence-corrected chi connectivity index (χ1v) is 6.96. The Hall–Kier alpha value is -3.53. The normalized spacial score (nSPS) is 10.8. The molecule has 2 aromatic heterocycles. The second-order valence-electron chi connectivity index (χ2n) is 4.99. The zero-order valence-corrected chi connectivity index (χ0v) is 12.2. The minimum absolute atomic E-state index is 0.556. The van der Waals surface area contributed by atoms with Crippen LogP contribution in [0.25, 0.3) is 16.8 Å². The highest BCUT2D eigenvalue weighted by Gasteiger charge is 2.10. The van der Waals surface area contributed by atoms with Crippen molar-refractivity contribution in [2.75, 3.05) is 12.4 Å². The van der Waals surface area contributed by atoms with Crippen LogP contribution in [0, 0.1) is 11.3 Å². The molecule has 2 N–H and O–H groups in total. The molecule has 0 fully saturated rings. The molecule has 0 saturated heterocycles. The van der Waals surface area contributed by atoms with Crippen LogP contribution in [0.4, 0.5) is 11.6 Å². The van der Waals surface area contributed by atoms with E-state index in [9.17, 15) is 0 Å². The molecule has 0 radical (unpaired) electrons. The third-order valence-corrected chi connectivity index (χ3v) is 3.53. The molecule has 0 unspecified atom stereocenters. The summed E-state index contributed by atoms with van der Waals surface area (Å²) in [6.07, 6.45) is 0. The van der Waals surface area contributed by atoms with Gasteiger partial charge < -0.3 is 10.1 Å². The SMILES string of the molecule is COc1ccc2c(c1)nc1nc(Nc3cccc(C#N)c3)[nH]n12. The lowest BCUT2D eigenvalue weighted by atomic mass is 10.2. The number of rotatable bonds is 3. The van der Waals surface area contributed by atoms with Crippen LogP contribution in [0.2, 0.25) is 0 Å². The first-order chi connectivity index (χ1) is 11.3. The maximum Gasteiger partial charge on any atom is 0.253 e.